The molecule has 0 unspecified atom stereocenters. The molecule has 0 radical (unpaired) electrons. The van der Waals surface area contributed by atoms with Gasteiger partial charge in [-0.1, -0.05) is 77.4 Å². The summed E-state index contributed by atoms with van der Waals surface area (Å²) in [4.78, 5) is 0. The molecule has 174 valence electrons. The van der Waals surface area contributed by atoms with Crippen molar-refractivity contribution < 1.29 is 9.84 Å². The van der Waals surface area contributed by atoms with E-state index >= 15 is 0 Å². The van der Waals surface area contributed by atoms with E-state index in [0.717, 1.165) is 25.1 Å². The molecule has 0 aliphatic carbocycles. The van der Waals surface area contributed by atoms with Crippen molar-refractivity contribution in [2.24, 2.45) is 5.73 Å². The lowest BCUT2D eigenvalue weighted by molar-refractivity contribution is 0.378. The highest BCUT2D eigenvalue weighted by Gasteiger charge is 2.23. The number of phenolic OH excluding ortho intramolecular Hbond substituents is 1. The van der Waals surface area contributed by atoms with Crippen LogP contribution in [0.15, 0.2) is 48.5 Å². The van der Waals surface area contributed by atoms with Crippen LogP contribution in [0.5, 0.6) is 11.5 Å². The van der Waals surface area contributed by atoms with E-state index in [1.165, 1.54) is 17.3 Å². The lowest BCUT2D eigenvalue weighted by Crippen LogP contribution is -2.38. The Balaban J connectivity index is 0.000000452. The summed E-state index contributed by atoms with van der Waals surface area (Å²) in [5.41, 5.74) is 7.62. The lowest BCUT2D eigenvalue weighted by atomic mass is 9.78. The highest BCUT2D eigenvalue weighted by atomic mass is 28.3. The maximum atomic E-state index is 9.44. The molecule has 2 aromatic rings. The zero-order valence-corrected chi connectivity index (χ0v) is 22.9. The van der Waals surface area contributed by atoms with Crippen LogP contribution in [0.4, 0.5) is 0 Å². The number of hydrogen-bond donors (Lipinski definition) is 3. The molecule has 0 saturated carbocycles. The number of nitrogens with two attached hydrogens (primary N) is 1. The summed E-state index contributed by atoms with van der Waals surface area (Å²) < 4.78 is 5.89. The van der Waals surface area contributed by atoms with Gasteiger partial charge in [-0.15, -0.1) is 0 Å². The zero-order valence-electron chi connectivity index (χ0n) is 20.9. The van der Waals surface area contributed by atoms with Crippen molar-refractivity contribution in [3.8, 4) is 11.5 Å². The van der Waals surface area contributed by atoms with Crippen molar-refractivity contribution in [1.82, 2.24) is 5.32 Å². The molecule has 31 heavy (non-hydrogen) atoms. The van der Waals surface area contributed by atoms with E-state index in [1.54, 1.807) is 12.1 Å². The maximum Gasteiger partial charge on any atom is 0.118 e. The van der Waals surface area contributed by atoms with E-state index in [4.69, 9.17) is 10.5 Å². The van der Waals surface area contributed by atoms with Crippen molar-refractivity contribution in [3.63, 3.8) is 0 Å². The van der Waals surface area contributed by atoms with Crippen LogP contribution in [0.3, 0.4) is 0 Å². The van der Waals surface area contributed by atoms with Crippen LogP contribution >= 0.6 is 0 Å². The molecule has 4 N–H and O–H groups in total. The number of hydrogen-bond acceptors (Lipinski definition) is 4. The minimum Gasteiger partial charge on any atom is -0.508 e. The number of ether oxygens (including phenoxy) is 1. The van der Waals surface area contributed by atoms with Crippen molar-refractivity contribution in [2.45, 2.75) is 58.5 Å². The molecule has 0 heterocycles. The van der Waals surface area contributed by atoms with Gasteiger partial charge >= 0.3 is 0 Å². The molecule has 0 aliphatic rings. The number of aromatic hydroxyl groups is 1. The molecule has 0 amide bonds. The van der Waals surface area contributed by atoms with Crippen molar-refractivity contribution >= 4 is 16.1 Å². The highest BCUT2D eigenvalue weighted by Crippen LogP contribution is 2.33. The first-order valence-electron chi connectivity index (χ1n) is 11.2. The van der Waals surface area contributed by atoms with Gasteiger partial charge < -0.3 is 20.9 Å². The monoisotopic (exact) mass is 460 g/mol. The molecule has 0 aromatic heterocycles. The lowest BCUT2D eigenvalue weighted by Gasteiger charge is -2.26. The molecule has 2 rings (SSSR count). The first-order chi connectivity index (χ1) is 14.2. The minimum atomic E-state index is -1.19. The molecule has 0 fully saturated rings. The third kappa shape index (κ3) is 11.0. The Hall–Kier alpha value is -1.61. The largest absolute Gasteiger partial charge is 0.508 e. The Labute approximate surface area is 192 Å². The summed E-state index contributed by atoms with van der Waals surface area (Å²) in [5.74, 6) is 1.24. The van der Waals surface area contributed by atoms with Gasteiger partial charge in [0.25, 0.3) is 0 Å². The number of benzene rings is 2. The average Bonchev–Trinajstić information content (AvgIpc) is 2.66. The number of rotatable bonds is 9. The standard InChI is InChI=1S/C19H26O2Si.C6H18N2Si/c1-19(2,15-6-10-17(20)11-7-15)16-8-12-18(13-9-16)21-14-22(3,4)5;1-9(2,3)6-8-5-4-7/h6-13,20H,14H2,1-5H3;8H,4-7H2,1-3H3. The Bertz CT molecular complexity index is 762. The Morgan fingerprint density at radius 1 is 0.839 bits per heavy atom. The Kier molecular flexibility index (Phi) is 10.5. The van der Waals surface area contributed by atoms with Gasteiger partial charge in [-0.3, -0.25) is 0 Å². The first kappa shape index (κ1) is 27.4. The van der Waals surface area contributed by atoms with Crippen LogP contribution in [0.2, 0.25) is 39.3 Å². The molecule has 0 aliphatic heterocycles. The normalized spacial score (nSPS) is 12.2. The predicted molar refractivity (Wildman–Crippen MR) is 141 cm³/mol. The van der Waals surface area contributed by atoms with Gasteiger partial charge in [0.2, 0.25) is 0 Å². The van der Waals surface area contributed by atoms with Gasteiger partial charge in [-0.25, -0.2) is 0 Å². The second kappa shape index (κ2) is 11.9. The van der Waals surface area contributed by atoms with Crippen LogP contribution in [-0.4, -0.2) is 46.7 Å². The van der Waals surface area contributed by atoms with Crippen molar-refractivity contribution in [3.05, 3.63) is 59.7 Å². The molecule has 2 aromatic carbocycles. The molecule has 0 saturated heterocycles. The predicted octanol–water partition coefficient (Wildman–Crippen LogP) is 5.39. The SMILES string of the molecule is CC(C)(c1ccc(O)cc1)c1ccc(OC[Si](C)(C)C)cc1.C[Si](C)(C)CNCCN. The molecule has 0 bridgehead atoms. The average molecular weight is 461 g/mol. The number of nitrogens with one attached hydrogen (secondary N) is 1. The van der Waals surface area contributed by atoms with Crippen LogP contribution < -0.4 is 15.8 Å². The molecule has 6 heteroatoms. The topological polar surface area (TPSA) is 67.5 Å². The molecule has 4 nitrogen and oxygen atoms in total. The van der Waals surface area contributed by atoms with Crippen LogP contribution in [0.1, 0.15) is 25.0 Å². The molecule has 0 spiro atoms. The number of phenols is 1. The third-order valence-corrected chi connectivity index (χ3v) is 7.13. The van der Waals surface area contributed by atoms with E-state index in [1.807, 2.05) is 12.1 Å². The molecular weight excluding hydrogens is 416 g/mol. The summed E-state index contributed by atoms with van der Waals surface area (Å²) in [6.07, 6.45) is 2.03. The van der Waals surface area contributed by atoms with E-state index < -0.39 is 16.1 Å². The van der Waals surface area contributed by atoms with Gasteiger partial charge in [0.05, 0.1) is 22.4 Å². The summed E-state index contributed by atoms with van der Waals surface area (Å²) in [5, 5.41) is 12.8. The summed E-state index contributed by atoms with van der Waals surface area (Å²) in [6, 6.07) is 15.8. The minimum absolute atomic E-state index is 0.106. The van der Waals surface area contributed by atoms with Gasteiger partial charge in [-0.2, -0.15) is 0 Å². The van der Waals surface area contributed by atoms with Crippen LogP contribution in [0.25, 0.3) is 0 Å². The Morgan fingerprint density at radius 2 is 1.32 bits per heavy atom. The Morgan fingerprint density at radius 3 is 1.74 bits per heavy atom. The van der Waals surface area contributed by atoms with E-state index in [9.17, 15) is 5.11 Å². The quantitative estimate of drug-likeness (QED) is 0.347. The van der Waals surface area contributed by atoms with Crippen molar-refractivity contribution in [2.75, 3.05) is 25.5 Å². The second-order valence-corrected chi connectivity index (χ2v) is 22.0. The van der Waals surface area contributed by atoms with Crippen molar-refractivity contribution in [1.29, 1.82) is 0 Å². The smallest absolute Gasteiger partial charge is 0.118 e. The van der Waals surface area contributed by atoms with E-state index in [2.05, 4.69) is 82.7 Å². The summed E-state index contributed by atoms with van der Waals surface area (Å²) >= 11 is 0. The first-order valence-corrected chi connectivity index (χ1v) is 18.6. The fourth-order valence-corrected chi connectivity index (χ4v) is 4.40. The summed E-state index contributed by atoms with van der Waals surface area (Å²) in [7, 11) is -2.06. The molecular formula is C25H44N2O2Si2. The van der Waals surface area contributed by atoms with E-state index in [-0.39, 0.29) is 5.41 Å². The molecule has 0 atom stereocenters. The maximum absolute atomic E-state index is 9.44. The zero-order chi connectivity index (χ0) is 23.7. The highest BCUT2D eigenvalue weighted by molar-refractivity contribution is 6.76. The fraction of sp³-hybridized carbons (Fsp3) is 0.520. The third-order valence-electron chi connectivity index (χ3n) is 4.81. The van der Waals surface area contributed by atoms with Crippen LogP contribution in [-0.2, 0) is 5.41 Å². The van der Waals surface area contributed by atoms with E-state index in [0.29, 0.717) is 5.75 Å². The van der Waals surface area contributed by atoms with Gasteiger partial charge in [0.1, 0.15) is 11.5 Å². The second-order valence-electron chi connectivity index (χ2n) is 11.1. The fourth-order valence-electron chi connectivity index (χ4n) is 2.88. The van der Waals surface area contributed by atoms with Gasteiger partial charge in [0, 0.05) is 18.5 Å². The van der Waals surface area contributed by atoms with Crippen LogP contribution in [0, 0.1) is 0 Å². The van der Waals surface area contributed by atoms with Gasteiger partial charge in [0.15, 0.2) is 0 Å². The summed E-state index contributed by atoms with van der Waals surface area (Å²) in [6.45, 7) is 20.0. The van der Waals surface area contributed by atoms with Gasteiger partial charge in [-0.05, 0) is 41.6 Å².